The van der Waals surface area contributed by atoms with Gasteiger partial charge in [-0.2, -0.15) is 20.2 Å². The summed E-state index contributed by atoms with van der Waals surface area (Å²) in [5.74, 6) is 0. The van der Waals surface area contributed by atoms with Gasteiger partial charge in [-0.3, -0.25) is 0 Å². The van der Waals surface area contributed by atoms with Crippen LogP contribution in [0, 0.1) is 0 Å². The van der Waals surface area contributed by atoms with Crippen LogP contribution in [-0.2, 0) is 9.47 Å². The Hall–Kier alpha value is -2.46. The molecule has 2 aromatic heterocycles. The van der Waals surface area contributed by atoms with Gasteiger partial charge in [-0.25, -0.2) is 0 Å². The molecule has 2 heterocycles. The van der Waals surface area contributed by atoms with Crippen molar-refractivity contribution in [3.05, 3.63) is 12.4 Å². The molecule has 0 aliphatic carbocycles. The van der Waals surface area contributed by atoms with Crippen molar-refractivity contribution in [1.82, 2.24) is 30.4 Å². The summed E-state index contributed by atoms with van der Waals surface area (Å²) in [6, 6.07) is 0.269. The van der Waals surface area contributed by atoms with Gasteiger partial charge < -0.3 is 18.9 Å². The number of hydrogen-bond donors (Lipinski definition) is 0. The highest BCUT2D eigenvalue weighted by Crippen LogP contribution is 2.15. The van der Waals surface area contributed by atoms with E-state index in [1.165, 1.54) is 12.4 Å². The van der Waals surface area contributed by atoms with Gasteiger partial charge in [0.05, 0.1) is 25.6 Å². The molecule has 0 radical (unpaired) electrons. The minimum atomic E-state index is 0.134. The summed E-state index contributed by atoms with van der Waals surface area (Å²) < 4.78 is 20.4. The predicted octanol–water partition coefficient (Wildman–Crippen LogP) is -0.226. The second-order valence-corrected chi connectivity index (χ2v) is 3.93. The van der Waals surface area contributed by atoms with Crippen molar-refractivity contribution in [3.8, 4) is 23.4 Å². The molecule has 2 aromatic rings. The van der Waals surface area contributed by atoms with Gasteiger partial charge in [0.15, 0.2) is 0 Å². The molecular weight excluding hydrogens is 292 g/mol. The molecule has 118 valence electrons. The average molecular weight is 308 g/mol. The van der Waals surface area contributed by atoms with E-state index >= 15 is 0 Å². The van der Waals surface area contributed by atoms with Crippen molar-refractivity contribution in [2.45, 2.75) is 0 Å². The van der Waals surface area contributed by atoms with Crippen LogP contribution >= 0.6 is 0 Å². The van der Waals surface area contributed by atoms with Crippen LogP contribution in [0.2, 0.25) is 0 Å². The molecule has 0 saturated heterocycles. The van der Waals surface area contributed by atoms with Crippen LogP contribution in [0.5, 0.6) is 12.0 Å². The average Bonchev–Trinajstić information content (AvgIpc) is 2.56. The lowest BCUT2D eigenvalue weighted by molar-refractivity contribution is 0.140. The second-order valence-electron chi connectivity index (χ2n) is 3.93. The largest absolute Gasteiger partial charge is 0.460 e. The van der Waals surface area contributed by atoms with E-state index in [4.69, 9.17) is 18.9 Å². The first-order chi connectivity index (χ1) is 10.8. The Morgan fingerprint density at radius 2 is 1.18 bits per heavy atom. The summed E-state index contributed by atoms with van der Waals surface area (Å²) in [6.45, 7) is 1.52. The highest BCUT2D eigenvalue weighted by molar-refractivity contribution is 5.51. The molecule has 10 nitrogen and oxygen atoms in total. The number of ether oxygens (including phenoxy) is 4. The Morgan fingerprint density at radius 1 is 0.727 bits per heavy atom. The van der Waals surface area contributed by atoms with Gasteiger partial charge in [0.25, 0.3) is 0 Å². The van der Waals surface area contributed by atoms with Gasteiger partial charge in [0.1, 0.15) is 24.6 Å². The molecule has 0 amide bonds. The van der Waals surface area contributed by atoms with Crippen molar-refractivity contribution < 1.29 is 18.9 Å². The van der Waals surface area contributed by atoms with Gasteiger partial charge in [-0.05, 0) is 0 Å². The quantitative estimate of drug-likeness (QED) is 0.575. The molecule has 2 rings (SSSR count). The van der Waals surface area contributed by atoms with Crippen molar-refractivity contribution in [2.24, 2.45) is 0 Å². The maximum absolute atomic E-state index is 5.30. The van der Waals surface area contributed by atoms with Crippen molar-refractivity contribution >= 4 is 0 Å². The summed E-state index contributed by atoms with van der Waals surface area (Å²) in [5.41, 5.74) is 0.905. The number of nitrogens with zero attached hydrogens (tertiary/aromatic N) is 6. The molecule has 0 N–H and O–H groups in total. The Bertz CT molecular complexity index is 534. The number of aromatic nitrogens is 6. The third-order valence-corrected chi connectivity index (χ3v) is 2.38. The number of methoxy groups -OCH3 is 2. The fraction of sp³-hybridized carbons (Fsp3) is 0.500. The Labute approximate surface area is 126 Å². The number of rotatable bonds is 9. The van der Waals surface area contributed by atoms with Crippen molar-refractivity contribution in [2.75, 3.05) is 40.6 Å². The van der Waals surface area contributed by atoms with E-state index in [2.05, 4.69) is 30.4 Å². The van der Waals surface area contributed by atoms with Crippen LogP contribution in [0.25, 0.3) is 11.4 Å². The summed E-state index contributed by atoms with van der Waals surface area (Å²) >= 11 is 0. The van der Waals surface area contributed by atoms with Gasteiger partial charge in [0.2, 0.25) is 0 Å². The second kappa shape index (κ2) is 8.74. The van der Waals surface area contributed by atoms with E-state index in [0.29, 0.717) is 37.8 Å². The molecule has 0 saturated carbocycles. The van der Waals surface area contributed by atoms with Gasteiger partial charge in [-0.1, -0.05) is 10.2 Å². The molecular formula is C12H16N6O4. The highest BCUT2D eigenvalue weighted by atomic mass is 16.5. The molecule has 0 aliphatic heterocycles. The third-order valence-electron chi connectivity index (χ3n) is 2.38. The fourth-order valence-corrected chi connectivity index (χ4v) is 1.38. The Balaban J connectivity index is 2.07. The highest BCUT2D eigenvalue weighted by Gasteiger charge is 2.09. The minimum Gasteiger partial charge on any atom is -0.460 e. The Morgan fingerprint density at radius 3 is 1.59 bits per heavy atom. The topological polar surface area (TPSA) is 114 Å². The molecule has 0 bridgehead atoms. The van der Waals surface area contributed by atoms with Gasteiger partial charge in [-0.15, -0.1) is 0 Å². The lowest BCUT2D eigenvalue weighted by Crippen LogP contribution is -2.09. The summed E-state index contributed by atoms with van der Waals surface area (Å²) in [4.78, 5) is 8.38. The zero-order chi connectivity index (χ0) is 15.6. The van der Waals surface area contributed by atoms with Gasteiger partial charge in [0, 0.05) is 14.2 Å². The molecule has 0 fully saturated rings. The zero-order valence-corrected chi connectivity index (χ0v) is 12.3. The van der Waals surface area contributed by atoms with E-state index in [1.807, 2.05) is 0 Å². The molecule has 0 atom stereocenters. The molecule has 0 aromatic carbocycles. The van der Waals surface area contributed by atoms with Crippen LogP contribution in [0.1, 0.15) is 0 Å². The zero-order valence-electron chi connectivity index (χ0n) is 12.3. The van der Waals surface area contributed by atoms with Crippen LogP contribution in [0.15, 0.2) is 12.4 Å². The Kier molecular flexibility index (Phi) is 6.33. The maximum atomic E-state index is 5.30. The molecule has 22 heavy (non-hydrogen) atoms. The third kappa shape index (κ3) is 4.82. The monoisotopic (exact) mass is 308 g/mol. The first kappa shape index (κ1) is 15.9. The molecule has 0 unspecified atom stereocenters. The van der Waals surface area contributed by atoms with E-state index in [9.17, 15) is 0 Å². The first-order valence-corrected chi connectivity index (χ1v) is 6.46. The van der Waals surface area contributed by atoms with E-state index in [1.54, 1.807) is 14.2 Å². The predicted molar refractivity (Wildman–Crippen MR) is 73.4 cm³/mol. The lowest BCUT2D eigenvalue weighted by Gasteiger charge is -2.05. The fourth-order valence-electron chi connectivity index (χ4n) is 1.38. The standard InChI is InChI=1S/C12H16N6O4/c1-19-3-5-21-11-15-9(7-13-17-11)10-8-14-18-12(16-10)22-6-4-20-2/h7-8H,3-6H2,1-2H3. The SMILES string of the molecule is COCCOc1nncc(-c2cnnc(OCCOC)n2)n1. The summed E-state index contributed by atoms with van der Waals surface area (Å²) in [6.07, 6.45) is 2.90. The van der Waals surface area contributed by atoms with Crippen LogP contribution in [-0.4, -0.2) is 71.0 Å². The van der Waals surface area contributed by atoms with Crippen molar-refractivity contribution in [3.63, 3.8) is 0 Å². The summed E-state index contributed by atoms with van der Waals surface area (Å²) in [7, 11) is 3.16. The van der Waals surface area contributed by atoms with Crippen LogP contribution in [0.3, 0.4) is 0 Å². The molecule has 0 aliphatic rings. The minimum absolute atomic E-state index is 0.134. The van der Waals surface area contributed by atoms with E-state index < -0.39 is 0 Å². The summed E-state index contributed by atoms with van der Waals surface area (Å²) in [5, 5.41) is 15.2. The first-order valence-electron chi connectivity index (χ1n) is 6.46. The molecule has 0 spiro atoms. The van der Waals surface area contributed by atoms with E-state index in [0.717, 1.165) is 0 Å². The lowest BCUT2D eigenvalue weighted by atomic mass is 10.3. The van der Waals surface area contributed by atoms with E-state index in [-0.39, 0.29) is 12.0 Å². The number of hydrogen-bond acceptors (Lipinski definition) is 10. The maximum Gasteiger partial charge on any atom is 0.336 e. The molecule has 10 heteroatoms. The normalized spacial score (nSPS) is 10.5. The van der Waals surface area contributed by atoms with Crippen LogP contribution in [0.4, 0.5) is 0 Å². The van der Waals surface area contributed by atoms with Crippen molar-refractivity contribution in [1.29, 1.82) is 0 Å². The van der Waals surface area contributed by atoms with Crippen LogP contribution < -0.4 is 9.47 Å². The smallest absolute Gasteiger partial charge is 0.336 e. The van der Waals surface area contributed by atoms with Gasteiger partial charge >= 0.3 is 12.0 Å².